The normalized spacial score (nSPS) is 10.9. The summed E-state index contributed by atoms with van der Waals surface area (Å²) in [6.45, 7) is 2.23. The number of carbonyl (C=O) groups is 1. The van der Waals surface area contributed by atoms with Crippen molar-refractivity contribution < 1.29 is 13.7 Å². The van der Waals surface area contributed by atoms with Crippen LogP contribution >= 0.6 is 0 Å². The van der Waals surface area contributed by atoms with Crippen LogP contribution in [0, 0.1) is 12.7 Å². The molecular formula is C22H18FN3O2. The molecule has 0 aliphatic heterocycles. The number of nitrogens with one attached hydrogen (secondary N) is 1. The SMILES string of the molecule is Cc1noc2nc(-c3ccccc3F)cc(C(=O)NCCc3ccccc3)c12. The third-order valence-electron chi connectivity index (χ3n) is 4.55. The zero-order valence-electron chi connectivity index (χ0n) is 15.3. The smallest absolute Gasteiger partial charge is 0.259 e. The molecule has 140 valence electrons. The highest BCUT2D eigenvalue weighted by atomic mass is 19.1. The molecule has 1 amide bonds. The molecule has 0 fully saturated rings. The van der Waals surface area contributed by atoms with Gasteiger partial charge in [-0.25, -0.2) is 9.37 Å². The molecule has 6 heteroatoms. The summed E-state index contributed by atoms with van der Waals surface area (Å²) in [5.41, 5.74) is 2.92. The Balaban J connectivity index is 1.66. The highest BCUT2D eigenvalue weighted by Crippen LogP contribution is 2.28. The Morgan fingerprint density at radius 2 is 1.86 bits per heavy atom. The monoisotopic (exact) mass is 375 g/mol. The van der Waals surface area contributed by atoms with Crippen LogP contribution in [0.2, 0.25) is 0 Å². The van der Waals surface area contributed by atoms with E-state index < -0.39 is 5.82 Å². The number of hydrogen-bond acceptors (Lipinski definition) is 4. The van der Waals surface area contributed by atoms with Gasteiger partial charge in [-0.3, -0.25) is 4.79 Å². The molecule has 0 radical (unpaired) electrons. The van der Waals surface area contributed by atoms with E-state index in [2.05, 4.69) is 15.5 Å². The van der Waals surface area contributed by atoms with Gasteiger partial charge in [0.2, 0.25) is 0 Å². The van der Waals surface area contributed by atoms with Gasteiger partial charge >= 0.3 is 0 Å². The minimum Gasteiger partial charge on any atom is -0.352 e. The average molecular weight is 375 g/mol. The van der Waals surface area contributed by atoms with Crippen LogP contribution in [-0.2, 0) is 6.42 Å². The lowest BCUT2D eigenvalue weighted by molar-refractivity contribution is 0.0955. The van der Waals surface area contributed by atoms with E-state index in [1.807, 2.05) is 30.3 Å². The van der Waals surface area contributed by atoms with Gasteiger partial charge in [0, 0.05) is 12.1 Å². The summed E-state index contributed by atoms with van der Waals surface area (Å²) in [5.74, 6) is -0.687. The van der Waals surface area contributed by atoms with E-state index in [9.17, 15) is 9.18 Å². The van der Waals surface area contributed by atoms with Crippen molar-refractivity contribution in [2.24, 2.45) is 0 Å². The number of rotatable bonds is 5. The maximum atomic E-state index is 14.2. The summed E-state index contributed by atoms with van der Waals surface area (Å²) >= 11 is 0. The second-order valence-electron chi connectivity index (χ2n) is 6.47. The molecule has 1 N–H and O–H groups in total. The summed E-state index contributed by atoms with van der Waals surface area (Å²) in [6.07, 6.45) is 0.712. The highest BCUT2D eigenvalue weighted by molar-refractivity contribution is 6.07. The van der Waals surface area contributed by atoms with E-state index in [4.69, 9.17) is 4.52 Å². The van der Waals surface area contributed by atoms with E-state index in [0.29, 0.717) is 40.9 Å². The second-order valence-corrected chi connectivity index (χ2v) is 6.47. The number of aryl methyl sites for hydroxylation is 1. The van der Waals surface area contributed by atoms with E-state index in [1.165, 1.54) is 6.07 Å². The molecule has 0 aliphatic rings. The topological polar surface area (TPSA) is 68.0 Å². The quantitative estimate of drug-likeness (QED) is 0.564. The summed E-state index contributed by atoms with van der Waals surface area (Å²) in [7, 11) is 0. The maximum Gasteiger partial charge on any atom is 0.259 e. The molecule has 0 unspecified atom stereocenters. The zero-order chi connectivity index (χ0) is 19.5. The van der Waals surface area contributed by atoms with Crippen molar-refractivity contribution in [1.29, 1.82) is 0 Å². The van der Waals surface area contributed by atoms with Crippen LogP contribution in [0.1, 0.15) is 21.6 Å². The minimum absolute atomic E-state index is 0.214. The first-order chi connectivity index (χ1) is 13.6. The average Bonchev–Trinajstić information content (AvgIpc) is 3.09. The van der Waals surface area contributed by atoms with Gasteiger partial charge in [0.05, 0.1) is 22.3 Å². The molecule has 0 aliphatic carbocycles. The lowest BCUT2D eigenvalue weighted by Crippen LogP contribution is -2.26. The Bertz CT molecular complexity index is 1140. The van der Waals surface area contributed by atoms with Crippen molar-refractivity contribution in [3.8, 4) is 11.3 Å². The molecular weight excluding hydrogens is 357 g/mol. The standard InChI is InChI=1S/C22H18FN3O2/c1-14-20-17(21(27)24-12-11-15-7-3-2-4-8-15)13-19(25-22(20)28-26-14)16-9-5-6-10-18(16)23/h2-10,13H,11-12H2,1H3,(H,24,27). The van der Waals surface area contributed by atoms with Crippen LogP contribution in [-0.4, -0.2) is 22.6 Å². The van der Waals surface area contributed by atoms with E-state index in [1.54, 1.807) is 31.2 Å². The number of pyridine rings is 1. The number of fused-ring (bicyclic) bond motifs is 1. The maximum absolute atomic E-state index is 14.2. The third-order valence-corrected chi connectivity index (χ3v) is 4.55. The van der Waals surface area contributed by atoms with E-state index >= 15 is 0 Å². The summed E-state index contributed by atoms with van der Waals surface area (Å²) in [6, 6.07) is 17.8. The molecule has 2 heterocycles. The molecule has 0 saturated heterocycles. The number of amides is 1. The second kappa shape index (κ2) is 7.60. The van der Waals surface area contributed by atoms with Crippen molar-refractivity contribution in [1.82, 2.24) is 15.5 Å². The van der Waals surface area contributed by atoms with Crippen molar-refractivity contribution in [3.05, 3.63) is 83.3 Å². The van der Waals surface area contributed by atoms with Gasteiger partial charge < -0.3 is 9.84 Å². The summed E-state index contributed by atoms with van der Waals surface area (Å²) in [4.78, 5) is 17.2. The lowest BCUT2D eigenvalue weighted by Gasteiger charge is -2.09. The first-order valence-electron chi connectivity index (χ1n) is 8.97. The van der Waals surface area contributed by atoms with Gasteiger partial charge in [0.25, 0.3) is 11.6 Å². The molecule has 0 saturated carbocycles. The van der Waals surface area contributed by atoms with Gasteiger partial charge in [-0.05, 0) is 37.1 Å². The molecule has 0 atom stereocenters. The Hall–Kier alpha value is -3.54. The number of carbonyl (C=O) groups excluding carboxylic acids is 1. The molecule has 2 aromatic heterocycles. The summed E-state index contributed by atoms with van der Waals surface area (Å²) in [5, 5.41) is 7.37. The first-order valence-corrected chi connectivity index (χ1v) is 8.97. The predicted octanol–water partition coefficient (Wildman–Crippen LogP) is 4.31. The van der Waals surface area contributed by atoms with E-state index in [0.717, 1.165) is 5.56 Å². The van der Waals surface area contributed by atoms with Crippen LogP contribution in [0.15, 0.2) is 65.2 Å². The van der Waals surface area contributed by atoms with Crippen molar-refractivity contribution in [2.45, 2.75) is 13.3 Å². The third kappa shape index (κ3) is 3.49. The minimum atomic E-state index is -0.416. The van der Waals surface area contributed by atoms with Crippen molar-refractivity contribution >= 4 is 17.0 Å². The predicted molar refractivity (Wildman–Crippen MR) is 104 cm³/mol. The van der Waals surface area contributed by atoms with Crippen molar-refractivity contribution in [3.63, 3.8) is 0 Å². The van der Waals surface area contributed by atoms with Gasteiger partial charge in [0.15, 0.2) is 0 Å². The van der Waals surface area contributed by atoms with Gasteiger partial charge in [-0.1, -0.05) is 47.6 Å². The number of benzene rings is 2. The lowest BCUT2D eigenvalue weighted by atomic mass is 10.0. The molecule has 4 rings (SSSR count). The fraction of sp³-hybridized carbons (Fsp3) is 0.136. The Morgan fingerprint density at radius 3 is 2.64 bits per heavy atom. The molecule has 0 spiro atoms. The zero-order valence-corrected chi connectivity index (χ0v) is 15.3. The Morgan fingerprint density at radius 1 is 1.11 bits per heavy atom. The highest BCUT2D eigenvalue weighted by Gasteiger charge is 2.20. The molecule has 28 heavy (non-hydrogen) atoms. The molecule has 4 aromatic rings. The van der Waals surface area contributed by atoms with Crippen LogP contribution in [0.5, 0.6) is 0 Å². The number of nitrogens with zero attached hydrogens (tertiary/aromatic N) is 2. The van der Waals surface area contributed by atoms with Gasteiger partial charge in [-0.15, -0.1) is 0 Å². The number of aromatic nitrogens is 2. The summed E-state index contributed by atoms with van der Waals surface area (Å²) < 4.78 is 19.5. The van der Waals surface area contributed by atoms with Crippen LogP contribution in [0.4, 0.5) is 4.39 Å². The fourth-order valence-electron chi connectivity index (χ4n) is 3.14. The first kappa shape index (κ1) is 17.9. The Kier molecular flexibility index (Phi) is 4.85. The van der Waals surface area contributed by atoms with Crippen LogP contribution in [0.3, 0.4) is 0 Å². The molecule has 5 nitrogen and oxygen atoms in total. The van der Waals surface area contributed by atoms with E-state index in [-0.39, 0.29) is 11.6 Å². The van der Waals surface area contributed by atoms with Crippen LogP contribution in [0.25, 0.3) is 22.4 Å². The number of halogens is 1. The van der Waals surface area contributed by atoms with Gasteiger partial charge in [-0.2, -0.15) is 0 Å². The molecule has 2 aromatic carbocycles. The molecule has 0 bridgehead atoms. The van der Waals surface area contributed by atoms with Crippen LogP contribution < -0.4 is 5.32 Å². The Labute approximate surface area is 161 Å². The van der Waals surface area contributed by atoms with Crippen molar-refractivity contribution in [2.75, 3.05) is 6.54 Å². The fourth-order valence-corrected chi connectivity index (χ4v) is 3.14. The largest absolute Gasteiger partial charge is 0.352 e. The number of hydrogen-bond donors (Lipinski definition) is 1. The van der Waals surface area contributed by atoms with Gasteiger partial charge in [0.1, 0.15) is 5.82 Å².